The molecule has 0 bridgehead atoms. The number of fused-ring (bicyclic) bond motifs is 1. The summed E-state index contributed by atoms with van der Waals surface area (Å²) in [6, 6.07) is 15.6. The van der Waals surface area contributed by atoms with Crippen molar-refractivity contribution in [2.24, 2.45) is 5.73 Å². The fourth-order valence-electron chi connectivity index (χ4n) is 3.59. The van der Waals surface area contributed by atoms with E-state index >= 15 is 0 Å². The predicted octanol–water partition coefficient (Wildman–Crippen LogP) is 2.65. The van der Waals surface area contributed by atoms with E-state index in [-0.39, 0.29) is 0 Å². The highest BCUT2D eigenvalue weighted by atomic mass is 15.2. The van der Waals surface area contributed by atoms with Gasteiger partial charge in [0.05, 0.1) is 5.69 Å². The Morgan fingerprint density at radius 3 is 2.76 bits per heavy atom. The molecule has 3 rings (SSSR count). The lowest BCUT2D eigenvalue weighted by molar-refractivity contribution is 0.222. The van der Waals surface area contributed by atoms with Crippen LogP contribution >= 0.6 is 0 Å². The number of pyridine rings is 1. The molecule has 0 aliphatic carbocycles. The first-order valence-corrected chi connectivity index (χ1v) is 9.39. The average molecular weight is 338 g/mol. The van der Waals surface area contributed by atoms with Gasteiger partial charge in [-0.3, -0.25) is 9.88 Å². The van der Waals surface area contributed by atoms with Crippen molar-refractivity contribution in [1.82, 2.24) is 15.2 Å². The Balaban J connectivity index is 1.63. The maximum Gasteiger partial charge on any atom is 0.0547 e. The van der Waals surface area contributed by atoms with Crippen LogP contribution < -0.4 is 11.1 Å². The van der Waals surface area contributed by atoms with Crippen LogP contribution in [-0.2, 0) is 19.5 Å². The topological polar surface area (TPSA) is 54.2 Å². The second kappa shape index (κ2) is 9.09. The number of hydrogen-bond donors (Lipinski definition) is 2. The number of rotatable bonds is 8. The van der Waals surface area contributed by atoms with Crippen molar-refractivity contribution in [3.05, 3.63) is 65.0 Å². The van der Waals surface area contributed by atoms with E-state index < -0.39 is 0 Å². The van der Waals surface area contributed by atoms with E-state index in [0.29, 0.717) is 6.04 Å². The third-order valence-electron chi connectivity index (χ3n) is 4.90. The van der Waals surface area contributed by atoms with E-state index in [1.807, 2.05) is 0 Å². The van der Waals surface area contributed by atoms with Gasteiger partial charge in [0.25, 0.3) is 0 Å². The first kappa shape index (κ1) is 18.1. The molecule has 0 saturated heterocycles. The first-order valence-electron chi connectivity index (χ1n) is 9.39. The van der Waals surface area contributed by atoms with Crippen LogP contribution in [0, 0.1) is 6.92 Å². The van der Waals surface area contributed by atoms with Crippen molar-refractivity contribution in [2.45, 2.75) is 45.3 Å². The van der Waals surface area contributed by atoms with Gasteiger partial charge in [0.15, 0.2) is 0 Å². The lowest BCUT2D eigenvalue weighted by atomic mass is 9.95. The Hall–Kier alpha value is -1.75. The molecule has 2 aromatic rings. The quantitative estimate of drug-likeness (QED) is 0.727. The lowest BCUT2D eigenvalue weighted by Gasteiger charge is -2.31. The van der Waals surface area contributed by atoms with Gasteiger partial charge >= 0.3 is 0 Å². The molecule has 0 spiro atoms. The number of nitrogens with two attached hydrogens (primary N) is 1. The van der Waals surface area contributed by atoms with Gasteiger partial charge in [0.2, 0.25) is 0 Å². The summed E-state index contributed by atoms with van der Waals surface area (Å²) in [6.07, 6.45) is 3.33. The molecule has 4 heteroatoms. The van der Waals surface area contributed by atoms with Crippen LogP contribution in [0.25, 0.3) is 0 Å². The second-order valence-corrected chi connectivity index (χ2v) is 7.05. The number of nitrogens with zero attached hydrogens (tertiary/aromatic N) is 2. The summed E-state index contributed by atoms with van der Waals surface area (Å²) in [7, 11) is 0. The molecule has 25 heavy (non-hydrogen) atoms. The summed E-state index contributed by atoms with van der Waals surface area (Å²) >= 11 is 0. The summed E-state index contributed by atoms with van der Waals surface area (Å²) in [5, 5.41) is 3.71. The minimum Gasteiger partial charge on any atom is -0.330 e. The molecule has 0 amide bonds. The summed E-state index contributed by atoms with van der Waals surface area (Å²) in [5.41, 5.74) is 10.9. The molecule has 134 valence electrons. The average Bonchev–Trinajstić information content (AvgIpc) is 2.62. The summed E-state index contributed by atoms with van der Waals surface area (Å²) in [5.74, 6) is 0. The lowest BCUT2D eigenvalue weighted by Crippen LogP contribution is -2.44. The fraction of sp³-hybridized carbons (Fsp3) is 0.476. The van der Waals surface area contributed by atoms with Crippen LogP contribution in [0.4, 0.5) is 0 Å². The van der Waals surface area contributed by atoms with Crippen molar-refractivity contribution in [2.75, 3.05) is 19.6 Å². The fourth-order valence-corrected chi connectivity index (χ4v) is 3.59. The van der Waals surface area contributed by atoms with Crippen molar-refractivity contribution < 1.29 is 0 Å². The zero-order valence-corrected chi connectivity index (χ0v) is 15.2. The molecule has 0 radical (unpaired) electrons. The largest absolute Gasteiger partial charge is 0.330 e. The molecule has 1 unspecified atom stereocenters. The highest BCUT2D eigenvalue weighted by Crippen LogP contribution is 2.17. The smallest absolute Gasteiger partial charge is 0.0547 e. The number of benzene rings is 1. The van der Waals surface area contributed by atoms with Gasteiger partial charge < -0.3 is 11.1 Å². The summed E-state index contributed by atoms with van der Waals surface area (Å²) < 4.78 is 0. The molecule has 0 fully saturated rings. The van der Waals surface area contributed by atoms with E-state index in [1.54, 1.807) is 0 Å². The monoisotopic (exact) mass is 338 g/mol. The van der Waals surface area contributed by atoms with E-state index in [4.69, 9.17) is 5.73 Å². The van der Waals surface area contributed by atoms with E-state index in [9.17, 15) is 0 Å². The Morgan fingerprint density at radius 1 is 1.12 bits per heavy atom. The van der Waals surface area contributed by atoms with Crippen LogP contribution in [0.5, 0.6) is 0 Å². The van der Waals surface area contributed by atoms with Crippen molar-refractivity contribution in [1.29, 1.82) is 0 Å². The molecule has 4 nitrogen and oxygen atoms in total. The third kappa shape index (κ3) is 5.36. The molecule has 0 saturated carbocycles. The molecule has 1 aromatic heterocycles. The zero-order valence-electron chi connectivity index (χ0n) is 15.2. The Morgan fingerprint density at radius 2 is 1.96 bits per heavy atom. The normalized spacial score (nSPS) is 16.8. The standard InChI is InChI=1S/C21H30N4/c1-17-7-6-10-20(24-17)15-25(12-5-4-11-22)16-21-13-18-8-2-3-9-19(18)14-23-21/h2-3,6-10,21,23H,4-5,11-16,22H2,1H3. The molecule has 1 aliphatic rings. The van der Waals surface area contributed by atoms with Crippen molar-refractivity contribution in [3.63, 3.8) is 0 Å². The van der Waals surface area contributed by atoms with Crippen LogP contribution in [0.15, 0.2) is 42.5 Å². The van der Waals surface area contributed by atoms with Gasteiger partial charge in [-0.25, -0.2) is 0 Å². The summed E-state index contributed by atoms with van der Waals surface area (Å²) in [4.78, 5) is 7.21. The second-order valence-electron chi connectivity index (χ2n) is 7.05. The summed E-state index contributed by atoms with van der Waals surface area (Å²) in [6.45, 7) is 6.83. The number of aromatic nitrogens is 1. The van der Waals surface area contributed by atoms with Crippen LogP contribution in [0.3, 0.4) is 0 Å². The first-order chi connectivity index (χ1) is 12.2. The number of nitrogens with one attached hydrogen (secondary N) is 1. The molecule has 3 N–H and O–H groups in total. The molecular formula is C21H30N4. The van der Waals surface area contributed by atoms with Crippen LogP contribution in [0.1, 0.15) is 35.4 Å². The highest BCUT2D eigenvalue weighted by Gasteiger charge is 2.20. The molecule has 1 aliphatic heterocycles. The maximum atomic E-state index is 5.68. The molecule has 1 aromatic carbocycles. The predicted molar refractivity (Wildman–Crippen MR) is 103 cm³/mol. The van der Waals surface area contributed by atoms with Crippen molar-refractivity contribution in [3.8, 4) is 0 Å². The SMILES string of the molecule is Cc1cccc(CN(CCCCN)CC2Cc3ccccc3CN2)n1. The van der Waals surface area contributed by atoms with E-state index in [1.165, 1.54) is 11.1 Å². The van der Waals surface area contributed by atoms with Gasteiger partial charge in [0, 0.05) is 31.4 Å². The van der Waals surface area contributed by atoms with E-state index in [2.05, 4.69) is 64.6 Å². The van der Waals surface area contributed by atoms with Gasteiger partial charge in [0.1, 0.15) is 0 Å². The van der Waals surface area contributed by atoms with Gasteiger partial charge in [-0.15, -0.1) is 0 Å². The maximum absolute atomic E-state index is 5.68. The molecule has 2 heterocycles. The van der Waals surface area contributed by atoms with Gasteiger partial charge in [-0.05, 0) is 62.5 Å². The number of aryl methyl sites for hydroxylation is 1. The van der Waals surface area contributed by atoms with Gasteiger partial charge in [-0.2, -0.15) is 0 Å². The zero-order chi connectivity index (χ0) is 17.5. The van der Waals surface area contributed by atoms with Crippen molar-refractivity contribution >= 4 is 0 Å². The van der Waals surface area contributed by atoms with Gasteiger partial charge in [-0.1, -0.05) is 30.3 Å². The Bertz CT molecular complexity index is 670. The minimum absolute atomic E-state index is 0.498. The molecule has 1 atom stereocenters. The Labute approximate surface area is 151 Å². The van der Waals surface area contributed by atoms with Crippen LogP contribution in [-0.4, -0.2) is 35.6 Å². The number of hydrogen-bond acceptors (Lipinski definition) is 4. The Kier molecular flexibility index (Phi) is 6.56. The minimum atomic E-state index is 0.498. The van der Waals surface area contributed by atoms with E-state index in [0.717, 1.165) is 63.4 Å². The number of unbranched alkanes of at least 4 members (excludes halogenated alkanes) is 1. The highest BCUT2D eigenvalue weighted by molar-refractivity contribution is 5.30. The third-order valence-corrected chi connectivity index (χ3v) is 4.90. The molecular weight excluding hydrogens is 308 g/mol. The van der Waals surface area contributed by atoms with Crippen LogP contribution in [0.2, 0.25) is 0 Å².